The smallest absolute Gasteiger partial charge is 0.408 e. The second-order valence-corrected chi connectivity index (χ2v) is 10.3. The Kier molecular flexibility index (Phi) is 7.86. The number of carbonyl (C=O) groups excluding carboxylic acids is 1. The zero-order chi connectivity index (χ0) is 27.8. The van der Waals surface area contributed by atoms with E-state index in [0.717, 1.165) is 0 Å². The Bertz CT molecular complexity index is 1230. The summed E-state index contributed by atoms with van der Waals surface area (Å²) in [5.74, 6) is 0.0565. The minimum absolute atomic E-state index is 0.00285. The van der Waals surface area contributed by atoms with E-state index in [0.29, 0.717) is 24.6 Å². The van der Waals surface area contributed by atoms with Crippen LogP contribution in [0.4, 0.5) is 21.0 Å². The van der Waals surface area contributed by atoms with Gasteiger partial charge in [-0.05, 0) is 26.8 Å². The molecule has 1 saturated heterocycles. The van der Waals surface area contributed by atoms with E-state index in [9.17, 15) is 9.90 Å². The van der Waals surface area contributed by atoms with E-state index in [1.165, 1.54) is 25.2 Å². The topological polar surface area (TPSA) is 127 Å². The van der Waals surface area contributed by atoms with Crippen LogP contribution in [0, 0.1) is 5.82 Å². The van der Waals surface area contributed by atoms with Crippen molar-refractivity contribution in [2.75, 3.05) is 44.7 Å². The van der Waals surface area contributed by atoms with Gasteiger partial charge in [0.05, 0.1) is 44.5 Å². The fourth-order valence-corrected chi connectivity index (χ4v) is 4.53. The van der Waals surface area contributed by atoms with Crippen LogP contribution in [0.5, 0.6) is 11.5 Å². The van der Waals surface area contributed by atoms with E-state index >= 15 is 4.39 Å². The number of nitrogens with zero attached hydrogens (tertiary/aromatic N) is 3. The highest BCUT2D eigenvalue weighted by atomic mass is 35.5. The van der Waals surface area contributed by atoms with Crippen molar-refractivity contribution in [3.8, 4) is 11.5 Å². The SMILES string of the molecule is COc1cc(OC)c(Cl)c(C2=Cc3cnc(N[C@@H]4COC[C@@H]4NC(=O)OC(C)(C)C)nc3N(C)C2O)c1F. The predicted molar refractivity (Wildman–Crippen MR) is 140 cm³/mol. The monoisotopic (exact) mass is 551 g/mol. The van der Waals surface area contributed by atoms with Crippen LogP contribution < -0.4 is 25.0 Å². The van der Waals surface area contributed by atoms with E-state index in [4.69, 9.17) is 30.5 Å². The molecule has 3 heterocycles. The first-order chi connectivity index (χ1) is 17.9. The molecular formula is C25H31ClFN5O6. The number of amides is 1. The van der Waals surface area contributed by atoms with Crippen molar-refractivity contribution in [3.63, 3.8) is 0 Å². The number of aliphatic hydroxyl groups excluding tert-OH is 1. The Labute approximate surface area is 224 Å². The van der Waals surface area contributed by atoms with Gasteiger partial charge in [-0.15, -0.1) is 0 Å². The first-order valence-electron chi connectivity index (χ1n) is 11.9. The minimum atomic E-state index is -1.29. The lowest BCUT2D eigenvalue weighted by Crippen LogP contribution is -2.47. The molecule has 0 spiro atoms. The molecule has 13 heteroatoms. The quantitative estimate of drug-likeness (QED) is 0.492. The maximum Gasteiger partial charge on any atom is 0.408 e. The molecule has 1 aromatic heterocycles. The van der Waals surface area contributed by atoms with Gasteiger partial charge in [-0.25, -0.2) is 14.2 Å². The summed E-state index contributed by atoms with van der Waals surface area (Å²) in [5.41, 5.74) is 0.0421. The molecule has 3 atom stereocenters. The number of carbonyl (C=O) groups is 1. The number of anilines is 2. The van der Waals surface area contributed by atoms with E-state index < -0.39 is 23.7 Å². The van der Waals surface area contributed by atoms with Crippen LogP contribution in [-0.2, 0) is 9.47 Å². The number of rotatable bonds is 6. The third kappa shape index (κ3) is 5.57. The molecule has 2 aliphatic heterocycles. The van der Waals surface area contributed by atoms with Gasteiger partial charge < -0.3 is 39.6 Å². The number of aliphatic hydroxyl groups is 1. The summed E-state index contributed by atoms with van der Waals surface area (Å²) in [6.07, 6.45) is 1.28. The van der Waals surface area contributed by atoms with Crippen molar-refractivity contribution in [1.29, 1.82) is 0 Å². The number of nitrogens with one attached hydrogen (secondary N) is 2. The molecule has 0 aliphatic carbocycles. The number of likely N-dealkylation sites (N-methyl/N-ethyl adjacent to an activating group) is 1. The fraction of sp³-hybridized carbons (Fsp3) is 0.480. The van der Waals surface area contributed by atoms with Gasteiger partial charge in [0, 0.05) is 36.0 Å². The zero-order valence-electron chi connectivity index (χ0n) is 22.0. The van der Waals surface area contributed by atoms with E-state index in [1.54, 1.807) is 40.1 Å². The molecule has 2 aromatic rings. The molecule has 1 fully saturated rings. The van der Waals surface area contributed by atoms with Crippen LogP contribution in [0.1, 0.15) is 31.9 Å². The molecule has 1 amide bonds. The average Bonchev–Trinajstić information content (AvgIpc) is 3.27. The van der Waals surface area contributed by atoms with Gasteiger partial charge in [-0.3, -0.25) is 0 Å². The van der Waals surface area contributed by atoms with Crippen molar-refractivity contribution in [2.24, 2.45) is 0 Å². The molecule has 0 bridgehead atoms. The van der Waals surface area contributed by atoms with Crippen LogP contribution in [0.15, 0.2) is 12.3 Å². The normalized spacial score (nSPS) is 20.9. The number of aromatic nitrogens is 2. The van der Waals surface area contributed by atoms with Crippen molar-refractivity contribution in [3.05, 3.63) is 34.2 Å². The molecule has 1 aromatic carbocycles. The lowest BCUT2D eigenvalue weighted by molar-refractivity contribution is 0.0497. The largest absolute Gasteiger partial charge is 0.495 e. The van der Waals surface area contributed by atoms with Gasteiger partial charge in [0.2, 0.25) is 5.95 Å². The van der Waals surface area contributed by atoms with E-state index in [2.05, 4.69) is 20.6 Å². The van der Waals surface area contributed by atoms with Crippen molar-refractivity contribution in [1.82, 2.24) is 15.3 Å². The number of methoxy groups -OCH3 is 2. The summed E-state index contributed by atoms with van der Waals surface area (Å²) in [6.45, 7) is 5.96. The van der Waals surface area contributed by atoms with Crippen LogP contribution in [0.2, 0.25) is 5.02 Å². The third-order valence-corrected chi connectivity index (χ3v) is 6.42. The molecule has 206 valence electrons. The lowest BCUT2D eigenvalue weighted by atomic mass is 9.97. The third-order valence-electron chi connectivity index (χ3n) is 6.05. The summed E-state index contributed by atoms with van der Waals surface area (Å²) in [5, 5.41) is 17.1. The first-order valence-corrected chi connectivity index (χ1v) is 12.2. The summed E-state index contributed by atoms with van der Waals surface area (Å²) >= 11 is 6.44. The van der Waals surface area contributed by atoms with Gasteiger partial charge in [-0.2, -0.15) is 4.98 Å². The molecule has 11 nitrogen and oxygen atoms in total. The van der Waals surface area contributed by atoms with Gasteiger partial charge in [-0.1, -0.05) is 11.6 Å². The van der Waals surface area contributed by atoms with E-state index in [1.807, 2.05) is 0 Å². The number of fused-ring (bicyclic) bond motifs is 1. The predicted octanol–water partition coefficient (Wildman–Crippen LogP) is 3.30. The molecule has 0 radical (unpaired) electrons. The number of ether oxygens (including phenoxy) is 4. The van der Waals surface area contributed by atoms with Gasteiger partial charge in [0.1, 0.15) is 17.2 Å². The molecule has 38 heavy (non-hydrogen) atoms. The maximum atomic E-state index is 15.3. The average molecular weight is 552 g/mol. The second kappa shape index (κ2) is 10.8. The molecule has 2 aliphatic rings. The molecule has 0 saturated carbocycles. The van der Waals surface area contributed by atoms with Crippen molar-refractivity contribution >= 4 is 41.1 Å². The number of alkyl carbamates (subject to hydrolysis) is 1. The van der Waals surface area contributed by atoms with Crippen LogP contribution in [-0.4, -0.2) is 79.6 Å². The second-order valence-electron chi connectivity index (χ2n) is 9.88. The molecule has 3 N–H and O–H groups in total. The van der Waals surface area contributed by atoms with Gasteiger partial charge in [0.15, 0.2) is 17.8 Å². The summed E-state index contributed by atoms with van der Waals surface area (Å²) in [7, 11) is 4.34. The molecular weight excluding hydrogens is 521 g/mol. The van der Waals surface area contributed by atoms with Gasteiger partial charge in [0.25, 0.3) is 0 Å². The Balaban J connectivity index is 1.61. The van der Waals surface area contributed by atoms with E-state index in [-0.39, 0.29) is 45.7 Å². The number of benzene rings is 1. The Morgan fingerprint density at radius 1 is 1.24 bits per heavy atom. The number of hydrogen-bond acceptors (Lipinski definition) is 10. The number of hydrogen-bond donors (Lipinski definition) is 3. The Morgan fingerprint density at radius 2 is 1.92 bits per heavy atom. The fourth-order valence-electron chi connectivity index (χ4n) is 4.21. The zero-order valence-corrected chi connectivity index (χ0v) is 22.7. The lowest BCUT2D eigenvalue weighted by Gasteiger charge is -2.33. The van der Waals surface area contributed by atoms with Crippen LogP contribution >= 0.6 is 11.6 Å². The highest BCUT2D eigenvalue weighted by molar-refractivity contribution is 6.34. The summed E-state index contributed by atoms with van der Waals surface area (Å²) in [6, 6.07) is 0.656. The molecule has 4 rings (SSSR count). The highest BCUT2D eigenvalue weighted by Gasteiger charge is 2.34. The Morgan fingerprint density at radius 3 is 2.58 bits per heavy atom. The van der Waals surface area contributed by atoms with Crippen LogP contribution in [0.3, 0.4) is 0 Å². The van der Waals surface area contributed by atoms with Crippen molar-refractivity contribution in [2.45, 2.75) is 44.7 Å². The minimum Gasteiger partial charge on any atom is -0.495 e. The first kappa shape index (κ1) is 27.7. The standard InChI is InChI=1S/C25H31ClFN5O6/c1-25(2,3)38-24(34)30-15-11-37-10-14(15)29-23-28-9-12-7-13(22(33)32(4)21(12)31-23)18-19(26)16(35-5)8-17(36-6)20(18)27/h7-9,14-15,22,33H,10-11H2,1-6H3,(H,30,34)(H,28,29,31)/t14-,15+,22?/m1/s1. The summed E-state index contributed by atoms with van der Waals surface area (Å²) < 4.78 is 36.5. The Hall–Kier alpha value is -3.35. The van der Waals surface area contributed by atoms with Crippen molar-refractivity contribution < 1.29 is 33.2 Å². The summed E-state index contributed by atoms with van der Waals surface area (Å²) in [4.78, 5) is 22.6. The van der Waals surface area contributed by atoms with Crippen LogP contribution in [0.25, 0.3) is 11.6 Å². The molecule has 1 unspecified atom stereocenters. The maximum absolute atomic E-state index is 15.3. The highest BCUT2D eigenvalue weighted by Crippen LogP contribution is 2.44. The van der Waals surface area contributed by atoms with Gasteiger partial charge >= 0.3 is 6.09 Å². The number of halogens is 2.